The number of aryl methyl sites for hydroxylation is 2. The summed E-state index contributed by atoms with van der Waals surface area (Å²) in [5.74, 6) is 0.441. The summed E-state index contributed by atoms with van der Waals surface area (Å²) in [4.78, 5) is 21.1. The van der Waals surface area contributed by atoms with E-state index in [2.05, 4.69) is 20.6 Å². The largest absolute Gasteiger partial charge is 0.451 e. The first-order valence-corrected chi connectivity index (χ1v) is 9.21. The number of carbonyl (C=O) groups excluding carboxylic acids is 1. The van der Waals surface area contributed by atoms with E-state index in [1.807, 2.05) is 38.1 Å². The molecule has 0 aliphatic carbocycles. The highest BCUT2D eigenvalue weighted by Gasteiger charge is 2.18. The number of rotatable bonds is 5. The summed E-state index contributed by atoms with van der Waals surface area (Å²) in [7, 11) is 0. The van der Waals surface area contributed by atoms with Crippen LogP contribution in [0.3, 0.4) is 0 Å². The zero-order valence-electron chi connectivity index (χ0n) is 16.2. The molecule has 0 aliphatic heterocycles. The highest BCUT2D eigenvalue weighted by molar-refractivity contribution is 6.06. The van der Waals surface area contributed by atoms with Crippen molar-refractivity contribution in [3.63, 3.8) is 0 Å². The second-order valence-corrected chi connectivity index (χ2v) is 6.84. The molecular formula is C22H21N5O2. The van der Waals surface area contributed by atoms with Crippen LogP contribution in [-0.4, -0.2) is 15.9 Å². The van der Waals surface area contributed by atoms with E-state index in [-0.39, 0.29) is 5.91 Å². The van der Waals surface area contributed by atoms with Crippen LogP contribution in [0.5, 0.6) is 0 Å². The number of nitrogen functional groups attached to an aromatic ring is 1. The van der Waals surface area contributed by atoms with E-state index in [1.54, 1.807) is 30.6 Å². The van der Waals surface area contributed by atoms with Crippen molar-refractivity contribution in [2.24, 2.45) is 0 Å². The molecule has 0 fully saturated rings. The second kappa shape index (κ2) is 7.63. The molecular weight excluding hydrogens is 366 g/mol. The maximum atomic E-state index is 12.8. The molecule has 7 nitrogen and oxygen atoms in total. The van der Waals surface area contributed by atoms with Crippen LogP contribution in [0.4, 0.5) is 17.2 Å². The Morgan fingerprint density at radius 3 is 2.79 bits per heavy atom. The van der Waals surface area contributed by atoms with E-state index in [0.717, 1.165) is 27.9 Å². The second-order valence-electron chi connectivity index (χ2n) is 6.84. The fourth-order valence-corrected chi connectivity index (χ4v) is 3.14. The summed E-state index contributed by atoms with van der Waals surface area (Å²) in [5.41, 5.74) is 10.6. The highest BCUT2D eigenvalue weighted by Crippen LogP contribution is 2.27. The van der Waals surface area contributed by atoms with Crippen molar-refractivity contribution in [3.05, 3.63) is 77.4 Å². The molecule has 0 radical (unpaired) electrons. The van der Waals surface area contributed by atoms with E-state index >= 15 is 0 Å². The number of furan rings is 1. The topological polar surface area (TPSA) is 106 Å². The van der Waals surface area contributed by atoms with Crippen LogP contribution < -0.4 is 16.4 Å². The average molecular weight is 387 g/mol. The maximum Gasteiger partial charge on any atom is 0.291 e. The Morgan fingerprint density at radius 1 is 1.10 bits per heavy atom. The van der Waals surface area contributed by atoms with Gasteiger partial charge in [-0.15, -0.1) is 0 Å². The van der Waals surface area contributed by atoms with Crippen molar-refractivity contribution >= 4 is 34.1 Å². The highest BCUT2D eigenvalue weighted by atomic mass is 16.3. The summed E-state index contributed by atoms with van der Waals surface area (Å²) < 4.78 is 5.78. The summed E-state index contributed by atoms with van der Waals surface area (Å²) in [6.45, 7) is 4.35. The Morgan fingerprint density at radius 2 is 1.97 bits per heavy atom. The number of anilines is 3. The predicted octanol–water partition coefficient (Wildman–Crippen LogP) is 4.29. The van der Waals surface area contributed by atoms with Crippen LogP contribution in [0.2, 0.25) is 0 Å². The number of hydrogen-bond donors (Lipinski definition) is 3. The first-order valence-electron chi connectivity index (χ1n) is 9.21. The van der Waals surface area contributed by atoms with Crippen LogP contribution in [0.1, 0.15) is 27.4 Å². The summed E-state index contributed by atoms with van der Waals surface area (Å²) >= 11 is 0. The van der Waals surface area contributed by atoms with Gasteiger partial charge in [-0.25, -0.2) is 4.98 Å². The molecule has 1 aromatic carbocycles. The van der Waals surface area contributed by atoms with Gasteiger partial charge >= 0.3 is 0 Å². The summed E-state index contributed by atoms with van der Waals surface area (Å²) in [5, 5.41) is 7.03. The third-order valence-electron chi connectivity index (χ3n) is 4.67. The van der Waals surface area contributed by atoms with Gasteiger partial charge < -0.3 is 20.8 Å². The minimum Gasteiger partial charge on any atom is -0.451 e. The number of nitrogens with two attached hydrogens (primary N) is 1. The first-order chi connectivity index (χ1) is 14.0. The van der Waals surface area contributed by atoms with Gasteiger partial charge in [0.1, 0.15) is 11.4 Å². The van der Waals surface area contributed by atoms with Gasteiger partial charge in [0.2, 0.25) is 0 Å². The first kappa shape index (κ1) is 18.5. The molecule has 3 heterocycles. The number of carbonyl (C=O) groups is 1. The van der Waals surface area contributed by atoms with Crippen LogP contribution in [0.15, 0.2) is 59.3 Å². The van der Waals surface area contributed by atoms with Crippen molar-refractivity contribution in [2.45, 2.75) is 20.4 Å². The molecule has 0 spiro atoms. The lowest BCUT2D eigenvalue weighted by molar-refractivity contribution is 0.0998. The van der Waals surface area contributed by atoms with Crippen LogP contribution in [0, 0.1) is 13.8 Å². The average Bonchev–Trinajstić information content (AvgIpc) is 3.04. The van der Waals surface area contributed by atoms with Crippen molar-refractivity contribution in [1.29, 1.82) is 0 Å². The van der Waals surface area contributed by atoms with Crippen molar-refractivity contribution in [1.82, 2.24) is 9.97 Å². The normalized spacial score (nSPS) is 10.8. The number of fused-ring (bicyclic) bond motifs is 1. The molecule has 4 rings (SSSR count). The summed E-state index contributed by atoms with van der Waals surface area (Å²) in [6, 6.07) is 13.1. The molecule has 3 aromatic heterocycles. The van der Waals surface area contributed by atoms with Crippen LogP contribution in [-0.2, 0) is 6.54 Å². The predicted molar refractivity (Wildman–Crippen MR) is 114 cm³/mol. The Kier molecular flexibility index (Phi) is 4.87. The molecule has 4 N–H and O–H groups in total. The van der Waals surface area contributed by atoms with Gasteiger partial charge in [-0.2, -0.15) is 0 Å². The van der Waals surface area contributed by atoms with Crippen molar-refractivity contribution in [2.75, 3.05) is 16.4 Å². The van der Waals surface area contributed by atoms with Crippen molar-refractivity contribution in [3.8, 4) is 0 Å². The van der Waals surface area contributed by atoms with Gasteiger partial charge in [-0.3, -0.25) is 9.78 Å². The molecule has 0 unspecified atom stereocenters. The van der Waals surface area contributed by atoms with E-state index in [0.29, 0.717) is 29.4 Å². The molecule has 0 saturated carbocycles. The molecule has 0 bridgehead atoms. The Balaban J connectivity index is 1.50. The lowest BCUT2D eigenvalue weighted by atomic mass is 10.1. The number of nitrogens with one attached hydrogen (secondary N) is 2. The fourth-order valence-electron chi connectivity index (χ4n) is 3.14. The van der Waals surface area contributed by atoms with Gasteiger partial charge in [-0.05, 0) is 50.2 Å². The maximum absolute atomic E-state index is 12.8. The van der Waals surface area contributed by atoms with Gasteiger partial charge in [0, 0.05) is 29.0 Å². The Bertz CT molecular complexity index is 1200. The minimum atomic E-state index is -0.294. The molecule has 1 amide bonds. The molecule has 146 valence electrons. The lowest BCUT2D eigenvalue weighted by Gasteiger charge is -2.09. The van der Waals surface area contributed by atoms with Gasteiger partial charge in [0.25, 0.3) is 5.91 Å². The van der Waals surface area contributed by atoms with Crippen LogP contribution >= 0.6 is 0 Å². The molecule has 4 aromatic rings. The number of nitrogens with zero attached hydrogens (tertiary/aromatic N) is 2. The Hall–Kier alpha value is -3.87. The minimum absolute atomic E-state index is 0.294. The molecule has 0 aliphatic rings. The Labute approximate surface area is 168 Å². The van der Waals surface area contributed by atoms with Gasteiger partial charge in [0.05, 0.1) is 17.9 Å². The number of pyridine rings is 2. The van der Waals surface area contributed by atoms with Crippen molar-refractivity contribution < 1.29 is 9.21 Å². The third-order valence-corrected chi connectivity index (χ3v) is 4.67. The lowest BCUT2D eigenvalue weighted by Crippen LogP contribution is -2.13. The number of aromatic nitrogens is 2. The molecule has 7 heteroatoms. The summed E-state index contributed by atoms with van der Waals surface area (Å²) in [6.07, 6.45) is 3.28. The third kappa shape index (κ3) is 3.89. The fraction of sp³-hybridized carbons (Fsp3) is 0.136. The van der Waals surface area contributed by atoms with E-state index < -0.39 is 0 Å². The standard InChI is InChI=1S/C22H21N5O2/c1-13-5-6-19-17(10-13)14(2)20(29-19)22(28)27-15-7-9-24-16(11-15)12-26-18-4-3-8-25-21(18)23/h3-11,26H,12H2,1-2H3,(H2,23,25)(H,24,27,28). The molecule has 0 atom stereocenters. The van der Waals surface area contributed by atoms with Gasteiger partial charge in [0.15, 0.2) is 5.76 Å². The van der Waals surface area contributed by atoms with Gasteiger partial charge in [-0.1, -0.05) is 11.6 Å². The number of benzene rings is 1. The smallest absolute Gasteiger partial charge is 0.291 e. The number of amides is 1. The number of hydrogen-bond acceptors (Lipinski definition) is 6. The quantitative estimate of drug-likeness (QED) is 0.472. The van der Waals surface area contributed by atoms with E-state index in [1.165, 1.54) is 0 Å². The zero-order chi connectivity index (χ0) is 20.4. The SMILES string of the molecule is Cc1ccc2oc(C(=O)Nc3ccnc(CNc4cccnc4N)c3)c(C)c2c1. The monoisotopic (exact) mass is 387 g/mol. The van der Waals surface area contributed by atoms with E-state index in [4.69, 9.17) is 10.2 Å². The zero-order valence-corrected chi connectivity index (χ0v) is 16.2. The van der Waals surface area contributed by atoms with E-state index in [9.17, 15) is 4.79 Å². The molecule has 0 saturated heterocycles. The van der Waals surface area contributed by atoms with Crippen LogP contribution in [0.25, 0.3) is 11.0 Å². The molecule has 29 heavy (non-hydrogen) atoms.